The number of nitrogens with zero attached hydrogens (tertiary/aromatic N) is 2. The van der Waals surface area contributed by atoms with Crippen LogP contribution in [0.1, 0.15) is 5.69 Å². The van der Waals surface area contributed by atoms with Crippen LogP contribution in [0.25, 0.3) is 0 Å². The van der Waals surface area contributed by atoms with Crippen LogP contribution in [0.4, 0.5) is 5.13 Å². The topological polar surface area (TPSA) is 94.6 Å². The monoisotopic (exact) mass is 283 g/mol. The van der Waals surface area contributed by atoms with Gasteiger partial charge >= 0.3 is 5.97 Å². The van der Waals surface area contributed by atoms with Crippen molar-refractivity contribution in [1.82, 2.24) is 4.98 Å². The average Bonchev–Trinajstić information content (AvgIpc) is 2.50. The molecule has 9 heteroatoms. The van der Waals surface area contributed by atoms with Crippen molar-refractivity contribution in [3.05, 3.63) is 11.1 Å². The first-order valence-electron chi connectivity index (χ1n) is 3.70. The number of rotatable bonds is 4. The van der Waals surface area contributed by atoms with Gasteiger partial charge in [0.2, 0.25) is 0 Å². The number of oxime groups is 1. The van der Waals surface area contributed by atoms with E-state index in [1.807, 2.05) is 0 Å². The molecule has 0 unspecified atom stereocenters. The molecule has 0 amide bonds. The zero-order chi connectivity index (χ0) is 11.3. The molecule has 6 nitrogen and oxygen atoms in total. The van der Waals surface area contributed by atoms with E-state index in [1.54, 1.807) is 5.38 Å². The predicted molar refractivity (Wildman–Crippen MR) is 62.9 cm³/mol. The lowest BCUT2D eigenvalue weighted by molar-refractivity contribution is -0.142. The number of aromatic nitrogens is 1. The Hall–Kier alpha value is -1.18. The Morgan fingerprint density at radius 1 is 1.69 bits per heavy atom. The van der Waals surface area contributed by atoms with Gasteiger partial charge < -0.3 is 10.6 Å². The van der Waals surface area contributed by atoms with Gasteiger partial charge in [-0.1, -0.05) is 5.16 Å². The summed E-state index contributed by atoms with van der Waals surface area (Å²) < 4.78 is 0. The zero-order valence-corrected chi connectivity index (χ0v) is 10.1. The summed E-state index contributed by atoms with van der Waals surface area (Å²) >= 11 is 6.14. The largest absolute Gasteiger partial charge is 0.375 e. The molecule has 1 aromatic rings. The molecule has 0 aliphatic heterocycles. The van der Waals surface area contributed by atoms with Crippen LogP contribution in [0.15, 0.2) is 10.5 Å². The SMILES string of the molecule is Cl.Nc1nc(CC(=O)O/N=C/C(=O)Cl)cs1. The van der Waals surface area contributed by atoms with Crippen molar-refractivity contribution in [3.8, 4) is 0 Å². The molecule has 1 aromatic heterocycles. The van der Waals surface area contributed by atoms with Crippen molar-refractivity contribution in [2.24, 2.45) is 5.16 Å². The number of anilines is 1. The van der Waals surface area contributed by atoms with Gasteiger partial charge in [-0.15, -0.1) is 23.7 Å². The number of carbonyl (C=O) groups excluding carboxylic acids is 2. The molecular weight excluding hydrogens is 277 g/mol. The highest BCUT2D eigenvalue weighted by atomic mass is 35.5. The molecule has 0 radical (unpaired) electrons. The van der Waals surface area contributed by atoms with Crippen molar-refractivity contribution in [1.29, 1.82) is 0 Å². The van der Waals surface area contributed by atoms with Gasteiger partial charge in [0.1, 0.15) is 6.21 Å². The highest BCUT2D eigenvalue weighted by Gasteiger charge is 2.07. The fourth-order valence-corrected chi connectivity index (χ4v) is 1.31. The number of hydrogen-bond donors (Lipinski definition) is 1. The second-order valence-electron chi connectivity index (χ2n) is 2.36. The van der Waals surface area contributed by atoms with Crippen LogP contribution < -0.4 is 5.73 Å². The zero-order valence-electron chi connectivity index (χ0n) is 7.75. The fraction of sp³-hybridized carbons (Fsp3) is 0.143. The molecule has 0 fully saturated rings. The smallest absolute Gasteiger partial charge is 0.340 e. The van der Waals surface area contributed by atoms with E-state index >= 15 is 0 Å². The van der Waals surface area contributed by atoms with Crippen LogP contribution in [-0.4, -0.2) is 22.4 Å². The van der Waals surface area contributed by atoms with Crippen molar-refractivity contribution in [2.45, 2.75) is 6.42 Å². The molecule has 16 heavy (non-hydrogen) atoms. The van der Waals surface area contributed by atoms with Crippen molar-refractivity contribution in [3.63, 3.8) is 0 Å². The molecule has 0 atom stereocenters. The standard InChI is InChI=1S/C7H6ClN3O3S.ClH/c8-5(12)2-10-14-6(13)1-4-3-15-7(9)11-4;/h2-3H,1H2,(H2,9,11);1H/b10-2+;. The van der Waals surface area contributed by atoms with Gasteiger partial charge in [0, 0.05) is 5.38 Å². The second-order valence-corrected chi connectivity index (χ2v) is 3.62. The first-order chi connectivity index (χ1) is 7.08. The van der Waals surface area contributed by atoms with Gasteiger partial charge in [-0.05, 0) is 11.6 Å². The molecule has 1 heterocycles. The minimum absolute atomic E-state index is 0. The maximum Gasteiger partial charge on any atom is 0.340 e. The van der Waals surface area contributed by atoms with Gasteiger partial charge in [0.05, 0.1) is 12.1 Å². The molecular formula is C7H7Cl2N3O3S. The predicted octanol–water partition coefficient (Wildman–Crippen LogP) is 0.984. The Labute approximate surface area is 106 Å². The van der Waals surface area contributed by atoms with Gasteiger partial charge in [0.15, 0.2) is 5.13 Å². The summed E-state index contributed by atoms with van der Waals surface area (Å²) in [7, 11) is 0. The normalized spacial score (nSPS) is 9.81. The Bertz CT molecular complexity index is 407. The van der Waals surface area contributed by atoms with E-state index in [4.69, 9.17) is 17.3 Å². The number of nitrogens with two attached hydrogens (primary N) is 1. The van der Waals surface area contributed by atoms with E-state index in [-0.39, 0.29) is 18.8 Å². The number of nitrogen functional groups attached to an aromatic ring is 1. The average molecular weight is 284 g/mol. The molecule has 2 N–H and O–H groups in total. The van der Waals surface area contributed by atoms with Crippen LogP contribution in [0.2, 0.25) is 0 Å². The van der Waals surface area contributed by atoms with E-state index in [0.29, 0.717) is 17.0 Å². The number of halogens is 2. The lowest BCUT2D eigenvalue weighted by Gasteiger charge is -1.93. The second kappa shape index (κ2) is 7.15. The van der Waals surface area contributed by atoms with Crippen molar-refractivity contribution >= 4 is 57.9 Å². The minimum Gasteiger partial charge on any atom is -0.375 e. The van der Waals surface area contributed by atoms with Crippen LogP contribution in [0.3, 0.4) is 0 Å². The van der Waals surface area contributed by atoms with Crippen molar-refractivity contribution in [2.75, 3.05) is 5.73 Å². The number of carbonyl (C=O) groups is 2. The molecule has 0 saturated heterocycles. The third kappa shape index (κ3) is 5.64. The fourth-order valence-electron chi connectivity index (χ4n) is 0.711. The minimum atomic E-state index is -0.819. The quantitative estimate of drug-likeness (QED) is 0.385. The van der Waals surface area contributed by atoms with E-state index in [9.17, 15) is 9.59 Å². The van der Waals surface area contributed by atoms with Crippen molar-refractivity contribution < 1.29 is 14.4 Å². The van der Waals surface area contributed by atoms with Crippen LogP contribution >= 0.6 is 35.3 Å². The molecule has 0 aliphatic rings. The summed E-state index contributed by atoms with van der Waals surface area (Å²) in [4.78, 5) is 29.4. The third-order valence-corrected chi connectivity index (χ3v) is 2.02. The van der Waals surface area contributed by atoms with Gasteiger partial charge in [-0.2, -0.15) is 0 Å². The first-order valence-corrected chi connectivity index (χ1v) is 4.96. The van der Waals surface area contributed by atoms with Gasteiger partial charge in [-0.25, -0.2) is 9.78 Å². The molecule has 0 spiro atoms. The summed E-state index contributed by atoms with van der Waals surface area (Å²) in [6.45, 7) is 0. The van der Waals surface area contributed by atoms with Crippen LogP contribution in [-0.2, 0) is 20.8 Å². The summed E-state index contributed by atoms with van der Waals surface area (Å²) in [5.41, 5.74) is 5.85. The summed E-state index contributed by atoms with van der Waals surface area (Å²) in [5.74, 6) is -0.644. The molecule has 1 rings (SSSR count). The van der Waals surface area contributed by atoms with Crippen LogP contribution in [0, 0.1) is 0 Å². The summed E-state index contributed by atoms with van der Waals surface area (Å²) in [6.07, 6.45) is 0.635. The van der Waals surface area contributed by atoms with E-state index in [0.717, 1.165) is 0 Å². The highest BCUT2D eigenvalue weighted by Crippen LogP contribution is 2.11. The number of hydrogen-bond acceptors (Lipinski definition) is 7. The highest BCUT2D eigenvalue weighted by molar-refractivity contribution is 7.13. The van der Waals surface area contributed by atoms with E-state index in [1.165, 1.54) is 11.3 Å². The van der Waals surface area contributed by atoms with E-state index in [2.05, 4.69) is 15.0 Å². The van der Waals surface area contributed by atoms with Crippen LogP contribution in [0.5, 0.6) is 0 Å². The molecule has 0 aromatic carbocycles. The Kier molecular flexibility index (Phi) is 6.63. The maximum absolute atomic E-state index is 11.0. The van der Waals surface area contributed by atoms with Gasteiger partial charge in [-0.3, -0.25) is 4.79 Å². The molecule has 88 valence electrons. The van der Waals surface area contributed by atoms with Gasteiger partial charge in [0.25, 0.3) is 5.24 Å². The molecule has 0 saturated carbocycles. The summed E-state index contributed by atoms with van der Waals surface area (Å²) in [6, 6.07) is 0. The van der Waals surface area contributed by atoms with E-state index < -0.39 is 11.2 Å². The lowest BCUT2D eigenvalue weighted by atomic mass is 10.3. The maximum atomic E-state index is 11.0. The summed E-state index contributed by atoms with van der Waals surface area (Å²) in [5, 5.41) is 4.25. The Morgan fingerprint density at radius 2 is 2.38 bits per heavy atom. The first kappa shape index (κ1) is 14.8. The number of thiazole rings is 1. The Balaban J connectivity index is 0.00000225. The molecule has 0 aliphatic carbocycles. The molecule has 0 bridgehead atoms. The Morgan fingerprint density at radius 3 is 2.88 bits per heavy atom. The lowest BCUT2D eigenvalue weighted by Crippen LogP contribution is -2.05. The third-order valence-electron chi connectivity index (χ3n) is 1.20.